The number of carbonyl (C=O) groups excluding carboxylic acids is 1. The predicted octanol–water partition coefficient (Wildman–Crippen LogP) is 4.88. The van der Waals surface area contributed by atoms with E-state index in [1.54, 1.807) is 11.3 Å². The molecular formula is C22H30N2O2S. The van der Waals surface area contributed by atoms with Gasteiger partial charge in [-0.1, -0.05) is 38.0 Å². The fraction of sp³-hybridized carbons (Fsp3) is 0.500. The lowest BCUT2D eigenvalue weighted by molar-refractivity contribution is 0.0930. The Morgan fingerprint density at radius 2 is 1.93 bits per heavy atom. The molecule has 5 heteroatoms. The summed E-state index contributed by atoms with van der Waals surface area (Å²) in [6.45, 7) is 5.52. The number of amides is 1. The second kappa shape index (κ2) is 10.5. The van der Waals surface area contributed by atoms with Crippen LogP contribution in [0.2, 0.25) is 0 Å². The van der Waals surface area contributed by atoms with Crippen molar-refractivity contribution < 1.29 is 9.53 Å². The fourth-order valence-electron chi connectivity index (χ4n) is 3.57. The van der Waals surface area contributed by atoms with Crippen molar-refractivity contribution in [1.82, 2.24) is 10.2 Å². The minimum Gasteiger partial charge on any atom is -0.493 e. The molecular weight excluding hydrogens is 356 g/mol. The zero-order valence-corrected chi connectivity index (χ0v) is 17.0. The number of likely N-dealkylation sites (tertiary alicyclic amines) is 1. The molecule has 0 aliphatic carbocycles. The molecule has 1 atom stereocenters. The maximum absolute atomic E-state index is 12.8. The van der Waals surface area contributed by atoms with Crippen molar-refractivity contribution in [2.45, 2.75) is 45.1 Å². The maximum Gasteiger partial charge on any atom is 0.255 e. The molecule has 1 N–H and O–H groups in total. The number of benzene rings is 1. The van der Waals surface area contributed by atoms with E-state index in [4.69, 9.17) is 4.74 Å². The topological polar surface area (TPSA) is 41.6 Å². The van der Waals surface area contributed by atoms with E-state index in [2.05, 4.69) is 34.7 Å². The fourth-order valence-corrected chi connectivity index (χ4v) is 4.43. The van der Waals surface area contributed by atoms with E-state index in [-0.39, 0.29) is 11.9 Å². The first-order valence-corrected chi connectivity index (χ1v) is 10.9. The van der Waals surface area contributed by atoms with Crippen LogP contribution in [0.1, 0.15) is 60.3 Å². The largest absolute Gasteiger partial charge is 0.493 e. The van der Waals surface area contributed by atoms with Gasteiger partial charge in [0.15, 0.2) is 0 Å². The Labute approximate surface area is 166 Å². The molecule has 3 rings (SSSR count). The van der Waals surface area contributed by atoms with Crippen molar-refractivity contribution >= 4 is 17.2 Å². The molecule has 1 aliphatic heterocycles. The molecule has 4 nitrogen and oxygen atoms in total. The van der Waals surface area contributed by atoms with Crippen LogP contribution in [0.5, 0.6) is 5.75 Å². The molecule has 146 valence electrons. The number of hydrogen-bond acceptors (Lipinski definition) is 4. The molecule has 0 unspecified atom stereocenters. The van der Waals surface area contributed by atoms with E-state index in [1.807, 2.05) is 24.3 Å². The van der Waals surface area contributed by atoms with Gasteiger partial charge >= 0.3 is 0 Å². The molecule has 1 saturated heterocycles. The molecule has 0 saturated carbocycles. The predicted molar refractivity (Wildman–Crippen MR) is 112 cm³/mol. The summed E-state index contributed by atoms with van der Waals surface area (Å²) in [4.78, 5) is 16.7. The SMILES string of the molecule is CCCOc1ccccc1C(=O)NC[C@H](c1cccs1)N1CCCCCC1. The van der Waals surface area contributed by atoms with Crippen LogP contribution in [0.3, 0.4) is 0 Å². The van der Waals surface area contributed by atoms with Gasteiger partial charge in [-0.05, 0) is 55.9 Å². The molecule has 1 aliphatic rings. The molecule has 0 spiro atoms. The summed E-state index contributed by atoms with van der Waals surface area (Å²) < 4.78 is 5.75. The van der Waals surface area contributed by atoms with E-state index < -0.39 is 0 Å². The van der Waals surface area contributed by atoms with Gasteiger partial charge in [0.1, 0.15) is 5.75 Å². The molecule has 1 aromatic heterocycles. The first-order chi connectivity index (χ1) is 13.3. The molecule has 0 radical (unpaired) electrons. The monoisotopic (exact) mass is 386 g/mol. The standard InChI is InChI=1S/C22H30N2O2S/c1-2-15-26-20-11-6-5-10-18(20)22(25)23-17-19(21-12-9-16-27-21)24-13-7-3-4-8-14-24/h5-6,9-12,16,19H,2-4,7-8,13-15,17H2,1H3,(H,23,25)/t19-/m1/s1. The van der Waals surface area contributed by atoms with Crippen molar-refractivity contribution in [2.75, 3.05) is 26.2 Å². The number of nitrogens with one attached hydrogen (secondary N) is 1. The van der Waals surface area contributed by atoms with E-state index in [9.17, 15) is 4.79 Å². The van der Waals surface area contributed by atoms with Gasteiger partial charge in [-0.25, -0.2) is 0 Å². The van der Waals surface area contributed by atoms with Gasteiger partial charge in [-0.15, -0.1) is 11.3 Å². The van der Waals surface area contributed by atoms with Gasteiger partial charge in [0.05, 0.1) is 18.2 Å². The van der Waals surface area contributed by atoms with E-state index in [1.165, 1.54) is 30.6 Å². The van der Waals surface area contributed by atoms with Gasteiger partial charge in [0.2, 0.25) is 0 Å². The highest BCUT2D eigenvalue weighted by Gasteiger charge is 2.23. The number of carbonyl (C=O) groups is 1. The highest BCUT2D eigenvalue weighted by Crippen LogP contribution is 2.27. The normalized spacial score (nSPS) is 16.5. The average molecular weight is 387 g/mol. The number of hydrogen-bond donors (Lipinski definition) is 1. The lowest BCUT2D eigenvalue weighted by Crippen LogP contribution is -2.38. The molecule has 2 heterocycles. The third kappa shape index (κ3) is 5.56. The zero-order valence-electron chi connectivity index (χ0n) is 16.2. The highest BCUT2D eigenvalue weighted by molar-refractivity contribution is 7.10. The highest BCUT2D eigenvalue weighted by atomic mass is 32.1. The van der Waals surface area contributed by atoms with Crippen molar-refractivity contribution in [1.29, 1.82) is 0 Å². The van der Waals surface area contributed by atoms with Crippen LogP contribution in [0.25, 0.3) is 0 Å². The summed E-state index contributed by atoms with van der Waals surface area (Å²) >= 11 is 1.78. The summed E-state index contributed by atoms with van der Waals surface area (Å²) in [6, 6.07) is 12.0. The van der Waals surface area contributed by atoms with Crippen molar-refractivity contribution in [3.8, 4) is 5.75 Å². The third-order valence-corrected chi connectivity index (χ3v) is 5.98. The Morgan fingerprint density at radius 1 is 1.15 bits per heavy atom. The van der Waals surface area contributed by atoms with Gasteiger partial charge in [-0.2, -0.15) is 0 Å². The summed E-state index contributed by atoms with van der Waals surface area (Å²) in [6.07, 6.45) is 6.02. The number of nitrogens with zero attached hydrogens (tertiary/aromatic N) is 1. The second-order valence-corrected chi connectivity index (χ2v) is 8.02. The van der Waals surface area contributed by atoms with E-state index >= 15 is 0 Å². The van der Waals surface area contributed by atoms with Crippen LogP contribution in [-0.4, -0.2) is 37.0 Å². The van der Waals surface area contributed by atoms with Crippen LogP contribution in [0.4, 0.5) is 0 Å². The van der Waals surface area contributed by atoms with E-state index in [0.29, 0.717) is 24.5 Å². The molecule has 1 amide bonds. The lowest BCUT2D eigenvalue weighted by atomic mass is 10.1. The average Bonchev–Trinajstić information content (AvgIpc) is 3.09. The van der Waals surface area contributed by atoms with Crippen molar-refractivity contribution in [3.05, 3.63) is 52.2 Å². The summed E-state index contributed by atoms with van der Waals surface area (Å²) in [5, 5.41) is 5.29. The minimum absolute atomic E-state index is 0.0573. The van der Waals surface area contributed by atoms with Crippen molar-refractivity contribution in [2.24, 2.45) is 0 Å². The van der Waals surface area contributed by atoms with Crippen LogP contribution in [-0.2, 0) is 0 Å². The Hall–Kier alpha value is -1.85. The Bertz CT molecular complexity index is 694. The number of para-hydroxylation sites is 1. The third-order valence-electron chi connectivity index (χ3n) is 5.00. The van der Waals surface area contributed by atoms with Crippen LogP contribution >= 0.6 is 11.3 Å². The van der Waals surface area contributed by atoms with Gasteiger partial charge in [-0.3, -0.25) is 9.69 Å². The maximum atomic E-state index is 12.8. The van der Waals surface area contributed by atoms with Crippen LogP contribution in [0.15, 0.2) is 41.8 Å². The number of ether oxygens (including phenoxy) is 1. The molecule has 1 aromatic carbocycles. The number of rotatable bonds is 8. The zero-order chi connectivity index (χ0) is 18.9. The summed E-state index contributed by atoms with van der Waals surface area (Å²) in [7, 11) is 0. The quantitative estimate of drug-likeness (QED) is 0.703. The van der Waals surface area contributed by atoms with Crippen LogP contribution < -0.4 is 10.1 Å². The first-order valence-electron chi connectivity index (χ1n) is 10.1. The molecule has 27 heavy (non-hydrogen) atoms. The second-order valence-electron chi connectivity index (χ2n) is 7.04. The Morgan fingerprint density at radius 3 is 2.63 bits per heavy atom. The minimum atomic E-state index is -0.0573. The molecule has 2 aromatic rings. The lowest BCUT2D eigenvalue weighted by Gasteiger charge is -2.30. The molecule has 0 bridgehead atoms. The van der Waals surface area contributed by atoms with Gasteiger partial charge in [0, 0.05) is 11.4 Å². The Balaban J connectivity index is 1.69. The summed E-state index contributed by atoms with van der Waals surface area (Å²) in [5.41, 5.74) is 0.617. The smallest absolute Gasteiger partial charge is 0.255 e. The van der Waals surface area contributed by atoms with Crippen LogP contribution in [0, 0.1) is 0 Å². The van der Waals surface area contributed by atoms with E-state index in [0.717, 1.165) is 19.5 Å². The van der Waals surface area contributed by atoms with Gasteiger partial charge in [0.25, 0.3) is 5.91 Å². The van der Waals surface area contributed by atoms with Gasteiger partial charge < -0.3 is 10.1 Å². The first kappa shape index (κ1) is 19.9. The summed E-state index contributed by atoms with van der Waals surface area (Å²) in [5.74, 6) is 0.609. The Kier molecular flexibility index (Phi) is 7.72. The molecule has 1 fully saturated rings. The number of thiophene rings is 1. The van der Waals surface area contributed by atoms with Crippen molar-refractivity contribution in [3.63, 3.8) is 0 Å².